The van der Waals surface area contributed by atoms with Crippen molar-refractivity contribution in [3.05, 3.63) is 102 Å². The minimum Gasteiger partial charge on any atom is -0.445 e. The van der Waals surface area contributed by atoms with E-state index >= 15 is 0 Å². The summed E-state index contributed by atoms with van der Waals surface area (Å²) in [4.78, 5) is 77.1. The maximum Gasteiger partial charge on any atom is 0.410 e. The maximum absolute atomic E-state index is 14.6. The molecule has 4 amide bonds. The Kier molecular flexibility index (Phi) is 14.3. The number of alkyl carbamates (subject to hydrolysis) is 1. The zero-order chi connectivity index (χ0) is 40.9. The number of guanidine groups is 1. The summed E-state index contributed by atoms with van der Waals surface area (Å²) < 4.78 is 17.3. The molecule has 0 unspecified atom stereocenters. The molecule has 0 aliphatic carbocycles. The summed E-state index contributed by atoms with van der Waals surface area (Å²) >= 11 is 0. The molecule has 6 N–H and O–H groups in total. The number of aryl methyl sites for hydroxylation is 1. The van der Waals surface area contributed by atoms with Crippen LogP contribution in [0.5, 0.6) is 0 Å². The number of para-hydroxylation sites is 2. The van der Waals surface area contributed by atoms with E-state index in [1.807, 2.05) is 60.7 Å². The molecule has 0 bridgehead atoms. The second-order valence-electron chi connectivity index (χ2n) is 14.4. The first kappa shape index (κ1) is 41.2. The number of benzene rings is 3. The molecule has 58 heavy (non-hydrogen) atoms. The van der Waals surface area contributed by atoms with Crippen molar-refractivity contribution in [1.29, 1.82) is 5.41 Å². The highest BCUT2D eigenvalue weighted by atomic mass is 16.6. The Bertz CT molecular complexity index is 2010. The summed E-state index contributed by atoms with van der Waals surface area (Å²) in [6.45, 7) is 1.27. The summed E-state index contributed by atoms with van der Waals surface area (Å²) in [6, 6.07) is 21.8. The lowest BCUT2D eigenvalue weighted by Gasteiger charge is -2.32. The lowest BCUT2D eigenvalue weighted by molar-refractivity contribution is -0.142. The molecule has 0 spiro atoms. The average Bonchev–Trinajstić information content (AvgIpc) is 3.88. The second kappa shape index (κ2) is 20.1. The minimum atomic E-state index is -1.35. The number of amides is 4. The highest BCUT2D eigenvalue weighted by Crippen LogP contribution is 2.26. The van der Waals surface area contributed by atoms with Crippen LogP contribution in [0.2, 0.25) is 0 Å². The average molecular weight is 795 g/mol. The monoisotopic (exact) mass is 794 g/mol. The lowest BCUT2D eigenvalue weighted by atomic mass is 10.0. The van der Waals surface area contributed by atoms with Crippen LogP contribution in [0, 0.1) is 5.41 Å². The van der Waals surface area contributed by atoms with Gasteiger partial charge in [0.25, 0.3) is 5.89 Å². The third kappa shape index (κ3) is 11.1. The van der Waals surface area contributed by atoms with Gasteiger partial charge in [0.1, 0.15) is 30.3 Å². The quantitative estimate of drug-likeness (QED) is 0.0466. The van der Waals surface area contributed by atoms with Crippen LogP contribution in [0.4, 0.5) is 9.59 Å². The van der Waals surface area contributed by atoms with Crippen molar-refractivity contribution in [2.45, 2.75) is 82.2 Å². The van der Waals surface area contributed by atoms with Gasteiger partial charge in [-0.15, -0.1) is 0 Å². The smallest absolute Gasteiger partial charge is 0.410 e. The molecule has 4 atom stereocenters. The molecule has 3 heterocycles. The van der Waals surface area contributed by atoms with Crippen molar-refractivity contribution < 1.29 is 37.9 Å². The first-order valence-electron chi connectivity index (χ1n) is 19.7. The fourth-order valence-electron chi connectivity index (χ4n) is 7.23. The standard InChI is InChI=1S/C42H50N8O8/c43-40(44)45-23-12-18-31(36(51)38-47-30-17-8-9-19-33(30)57-38)46-37(52)35-34(58-42(55)49-24-10-3-11-25-49)22-26-50(35)39(53)32(21-20-28-13-4-1-5-14-28)48-41(54)56-27-29-15-6-2-7-16-29/h1-2,4-9,13-17,19,31-32,34-35H,3,10-12,18,20-27H2,(H,46,52)(H,48,54)(H4,43,44,45)/t31-,32+,34-,35-/m0/s1. The van der Waals surface area contributed by atoms with Gasteiger partial charge in [-0.05, 0) is 68.2 Å². The summed E-state index contributed by atoms with van der Waals surface area (Å²) in [6.07, 6.45) is 1.31. The number of hydrogen-bond donors (Lipinski definition) is 5. The van der Waals surface area contributed by atoms with Gasteiger partial charge in [-0.1, -0.05) is 72.8 Å². The first-order chi connectivity index (χ1) is 28.2. The Morgan fingerprint density at radius 1 is 0.845 bits per heavy atom. The molecule has 1 aromatic heterocycles. The number of ketones is 1. The number of Topliss-reactive ketones (excluding diaryl/α,β-unsaturated/α-hetero) is 1. The van der Waals surface area contributed by atoms with Crippen molar-refractivity contribution in [1.82, 2.24) is 30.7 Å². The zero-order valence-corrected chi connectivity index (χ0v) is 32.3. The number of fused-ring (bicyclic) bond motifs is 1. The number of nitrogens with one attached hydrogen (secondary N) is 4. The Hall–Kier alpha value is -6.45. The molecule has 2 fully saturated rings. The summed E-state index contributed by atoms with van der Waals surface area (Å²) in [5.74, 6) is -2.36. The fraction of sp³-hybridized carbons (Fsp3) is 0.405. The van der Waals surface area contributed by atoms with Crippen LogP contribution in [0.3, 0.4) is 0 Å². The van der Waals surface area contributed by atoms with Gasteiger partial charge in [0.2, 0.25) is 17.6 Å². The van der Waals surface area contributed by atoms with Crippen molar-refractivity contribution in [3.8, 4) is 0 Å². The number of carbonyl (C=O) groups is 5. The van der Waals surface area contributed by atoms with E-state index in [1.54, 1.807) is 29.2 Å². The van der Waals surface area contributed by atoms with E-state index in [4.69, 9.17) is 25.0 Å². The van der Waals surface area contributed by atoms with Gasteiger partial charge in [-0.2, -0.15) is 0 Å². The van der Waals surface area contributed by atoms with Crippen LogP contribution in [0.1, 0.15) is 66.8 Å². The topological polar surface area (TPSA) is 222 Å². The SMILES string of the molecule is N=C(N)NCCC[C@H](NC(=O)[C@@H]1[C@@H](OC(=O)N2CCCCC2)CCN1C(=O)[C@@H](CCc1ccccc1)NC(=O)OCc1ccccc1)C(=O)c1nc2ccccc2o1. The van der Waals surface area contributed by atoms with Gasteiger partial charge in [-0.3, -0.25) is 19.8 Å². The Morgan fingerprint density at radius 2 is 1.53 bits per heavy atom. The Morgan fingerprint density at radius 3 is 2.24 bits per heavy atom. The molecular formula is C42H50N8O8. The number of aromatic nitrogens is 1. The summed E-state index contributed by atoms with van der Waals surface area (Å²) in [7, 11) is 0. The van der Waals surface area contributed by atoms with Crippen molar-refractivity contribution >= 4 is 46.8 Å². The number of piperidine rings is 1. The maximum atomic E-state index is 14.6. The van der Waals surface area contributed by atoms with E-state index in [0.717, 1.165) is 30.4 Å². The Labute approximate surface area is 336 Å². The van der Waals surface area contributed by atoms with E-state index in [2.05, 4.69) is 20.9 Å². The predicted molar refractivity (Wildman–Crippen MR) is 214 cm³/mol. The molecular weight excluding hydrogens is 745 g/mol. The number of oxazole rings is 1. The van der Waals surface area contributed by atoms with Crippen molar-refractivity contribution in [2.24, 2.45) is 5.73 Å². The van der Waals surface area contributed by atoms with Crippen molar-refractivity contribution in [2.75, 3.05) is 26.2 Å². The number of hydrogen-bond acceptors (Lipinski definition) is 10. The highest BCUT2D eigenvalue weighted by Gasteiger charge is 2.47. The van der Waals surface area contributed by atoms with E-state index in [9.17, 15) is 24.0 Å². The molecule has 16 nitrogen and oxygen atoms in total. The van der Waals surface area contributed by atoms with Crippen LogP contribution >= 0.6 is 0 Å². The molecule has 2 aliphatic rings. The van der Waals surface area contributed by atoms with Gasteiger partial charge in [0.05, 0.1) is 6.04 Å². The minimum absolute atomic E-state index is 0.0209. The van der Waals surface area contributed by atoms with Crippen LogP contribution in [-0.2, 0) is 32.1 Å². The molecule has 0 saturated carbocycles. The summed E-state index contributed by atoms with van der Waals surface area (Å²) in [5.41, 5.74) is 8.01. The zero-order valence-electron chi connectivity index (χ0n) is 32.3. The number of carbonyl (C=O) groups excluding carboxylic acids is 5. The largest absolute Gasteiger partial charge is 0.445 e. The molecule has 2 saturated heterocycles. The van der Waals surface area contributed by atoms with E-state index < -0.39 is 54.0 Å². The van der Waals surface area contributed by atoms with E-state index in [0.29, 0.717) is 37.0 Å². The molecule has 0 radical (unpaired) electrons. The summed E-state index contributed by atoms with van der Waals surface area (Å²) in [5, 5.41) is 15.8. The van der Waals surface area contributed by atoms with Gasteiger partial charge in [0, 0.05) is 32.6 Å². The third-order valence-electron chi connectivity index (χ3n) is 10.3. The van der Waals surface area contributed by atoms with Gasteiger partial charge < -0.3 is 45.4 Å². The number of nitrogens with two attached hydrogens (primary N) is 1. The molecule has 6 rings (SSSR count). The van der Waals surface area contributed by atoms with Gasteiger partial charge >= 0.3 is 12.2 Å². The fourth-order valence-corrected chi connectivity index (χ4v) is 7.23. The predicted octanol–water partition coefficient (Wildman–Crippen LogP) is 4.28. The first-order valence-corrected chi connectivity index (χ1v) is 19.7. The Balaban J connectivity index is 1.26. The second-order valence-corrected chi connectivity index (χ2v) is 14.4. The highest BCUT2D eigenvalue weighted by molar-refractivity contribution is 6.01. The molecule has 4 aromatic rings. The van der Waals surface area contributed by atoms with Crippen LogP contribution in [-0.4, -0.2) is 101 Å². The molecule has 16 heteroatoms. The number of nitrogens with zero attached hydrogens (tertiary/aromatic N) is 3. The van der Waals surface area contributed by atoms with Gasteiger partial charge in [0.15, 0.2) is 11.5 Å². The molecule has 306 valence electrons. The number of likely N-dealkylation sites (tertiary alicyclic amines) is 2. The normalized spacial score (nSPS) is 17.5. The number of ether oxygens (including phenoxy) is 2. The van der Waals surface area contributed by atoms with E-state index in [1.165, 1.54) is 4.90 Å². The van der Waals surface area contributed by atoms with Gasteiger partial charge in [-0.25, -0.2) is 14.6 Å². The third-order valence-corrected chi connectivity index (χ3v) is 10.3. The van der Waals surface area contributed by atoms with Crippen molar-refractivity contribution in [3.63, 3.8) is 0 Å². The molecule has 3 aromatic carbocycles. The van der Waals surface area contributed by atoms with Crippen LogP contribution < -0.4 is 21.7 Å². The number of rotatable bonds is 16. The lowest BCUT2D eigenvalue weighted by Crippen LogP contribution is -2.58. The molecule has 2 aliphatic heterocycles. The van der Waals surface area contributed by atoms with Crippen LogP contribution in [0.25, 0.3) is 11.1 Å². The van der Waals surface area contributed by atoms with Crippen LogP contribution in [0.15, 0.2) is 89.3 Å². The van der Waals surface area contributed by atoms with E-state index in [-0.39, 0.29) is 50.8 Å².